The molecule has 0 aliphatic heterocycles. The first-order valence-electron chi connectivity index (χ1n) is 10.9. The molecule has 2 aromatic carbocycles. The minimum Gasteiger partial charge on any atom is -0.322 e. The van der Waals surface area contributed by atoms with E-state index in [1.54, 1.807) is 31.2 Å². The number of halogens is 4. The summed E-state index contributed by atoms with van der Waals surface area (Å²) in [5, 5.41) is 11.0. The molecule has 13 heteroatoms. The Labute approximate surface area is 211 Å². The van der Waals surface area contributed by atoms with Gasteiger partial charge in [-0.2, -0.15) is 18.3 Å². The monoisotopic (exact) mass is 527 g/mol. The van der Waals surface area contributed by atoms with Crippen molar-refractivity contribution in [2.75, 3.05) is 5.32 Å². The number of carbonyl (C=O) groups excluding carboxylic acids is 1. The van der Waals surface area contributed by atoms with Crippen LogP contribution in [0.15, 0.2) is 65.7 Å². The Morgan fingerprint density at radius 2 is 1.97 bits per heavy atom. The van der Waals surface area contributed by atoms with Gasteiger partial charge in [0.2, 0.25) is 0 Å². The molecule has 188 valence electrons. The van der Waals surface area contributed by atoms with E-state index in [-0.39, 0.29) is 22.2 Å². The first-order valence-corrected chi connectivity index (χ1v) is 11.3. The maximum Gasteiger partial charge on any atom is 0.434 e. The molecule has 0 radical (unpaired) electrons. The van der Waals surface area contributed by atoms with Crippen LogP contribution in [0, 0.1) is 0 Å². The Bertz CT molecular complexity index is 1700. The molecule has 0 unspecified atom stereocenters. The maximum absolute atomic E-state index is 14.2. The number of fused-ring (bicyclic) bond motifs is 1. The summed E-state index contributed by atoms with van der Waals surface area (Å²) in [6.45, 7) is 2.10. The molecule has 9 nitrogen and oxygen atoms in total. The predicted molar refractivity (Wildman–Crippen MR) is 131 cm³/mol. The maximum atomic E-state index is 14.2. The van der Waals surface area contributed by atoms with Crippen molar-refractivity contribution in [3.8, 4) is 17.1 Å². The van der Waals surface area contributed by atoms with E-state index in [1.807, 2.05) is 0 Å². The molecule has 5 aromatic rings. The van der Waals surface area contributed by atoms with Gasteiger partial charge in [-0.3, -0.25) is 14.8 Å². The van der Waals surface area contributed by atoms with Crippen LogP contribution in [0.3, 0.4) is 0 Å². The Balaban J connectivity index is 1.50. The quantitative estimate of drug-likeness (QED) is 0.337. The third-order valence-corrected chi connectivity index (χ3v) is 5.91. The molecule has 0 aliphatic rings. The summed E-state index contributed by atoms with van der Waals surface area (Å²) in [5.74, 6) is -0.802. The molecule has 0 fully saturated rings. The second kappa shape index (κ2) is 9.21. The van der Waals surface area contributed by atoms with Gasteiger partial charge in [0, 0.05) is 29.4 Å². The molecule has 0 saturated carbocycles. The van der Waals surface area contributed by atoms with E-state index in [0.717, 1.165) is 6.20 Å². The molecule has 1 amide bonds. The number of rotatable bonds is 5. The van der Waals surface area contributed by atoms with Crippen molar-refractivity contribution >= 4 is 34.1 Å². The van der Waals surface area contributed by atoms with Crippen LogP contribution in [0.25, 0.3) is 28.0 Å². The summed E-state index contributed by atoms with van der Waals surface area (Å²) >= 11 is 6.32. The second-order valence-corrected chi connectivity index (χ2v) is 8.31. The van der Waals surface area contributed by atoms with Gasteiger partial charge >= 0.3 is 11.9 Å². The van der Waals surface area contributed by atoms with Crippen LogP contribution in [-0.4, -0.2) is 35.4 Å². The van der Waals surface area contributed by atoms with Crippen molar-refractivity contribution in [3.63, 3.8) is 0 Å². The van der Waals surface area contributed by atoms with E-state index in [0.29, 0.717) is 27.7 Å². The molecule has 0 aliphatic carbocycles. The van der Waals surface area contributed by atoms with Crippen LogP contribution >= 0.6 is 11.6 Å². The van der Waals surface area contributed by atoms with Gasteiger partial charge < -0.3 is 5.32 Å². The van der Waals surface area contributed by atoms with Gasteiger partial charge in [-0.1, -0.05) is 17.7 Å². The zero-order valence-electron chi connectivity index (χ0n) is 19.0. The van der Waals surface area contributed by atoms with Crippen LogP contribution < -0.4 is 11.0 Å². The standard InChI is InChI=1S/C24H17ClF3N7O2/c1-2-34-23(37)32-21(33-34)14-9-8-13(11-17(14)25)31-22(36)16-12-30-35(20(16)24(26,27)28)19-7-3-6-18-15(19)5-4-10-29-18/h3-12H,2H2,1H3,(H,31,36)(H,32,33,37). The topological polar surface area (TPSA) is 110 Å². The van der Waals surface area contributed by atoms with Crippen molar-refractivity contribution in [1.82, 2.24) is 29.5 Å². The number of hydrogen-bond donors (Lipinski definition) is 2. The number of H-pyrrole nitrogens is 1. The summed E-state index contributed by atoms with van der Waals surface area (Å²) in [4.78, 5) is 31.6. The highest BCUT2D eigenvalue weighted by atomic mass is 35.5. The Morgan fingerprint density at radius 1 is 1.16 bits per heavy atom. The largest absolute Gasteiger partial charge is 0.434 e. The van der Waals surface area contributed by atoms with Crippen LogP contribution in [0.2, 0.25) is 5.02 Å². The van der Waals surface area contributed by atoms with Crippen LogP contribution in [0.5, 0.6) is 0 Å². The summed E-state index contributed by atoms with van der Waals surface area (Å²) in [5.41, 5.74) is -1.17. The second-order valence-electron chi connectivity index (χ2n) is 7.91. The minimum atomic E-state index is -4.89. The van der Waals surface area contributed by atoms with E-state index in [2.05, 4.69) is 25.5 Å². The number of anilines is 1. The lowest BCUT2D eigenvalue weighted by Crippen LogP contribution is -2.20. The number of amides is 1. The predicted octanol–water partition coefficient (Wildman–Crippen LogP) is 4.92. The minimum absolute atomic E-state index is 0.129. The molecule has 0 atom stereocenters. The van der Waals surface area contributed by atoms with Gasteiger partial charge in [0.25, 0.3) is 5.91 Å². The van der Waals surface area contributed by atoms with Crippen molar-refractivity contribution in [2.24, 2.45) is 0 Å². The van der Waals surface area contributed by atoms with Crippen LogP contribution in [-0.2, 0) is 12.7 Å². The molecule has 3 heterocycles. The number of alkyl halides is 3. The van der Waals surface area contributed by atoms with E-state index in [9.17, 15) is 22.8 Å². The lowest BCUT2D eigenvalue weighted by atomic mass is 10.1. The summed E-state index contributed by atoms with van der Waals surface area (Å²) < 4.78 is 44.4. The third-order valence-electron chi connectivity index (χ3n) is 5.60. The zero-order chi connectivity index (χ0) is 26.3. The summed E-state index contributed by atoms with van der Waals surface area (Å²) in [7, 11) is 0. The normalized spacial score (nSPS) is 11.7. The van der Waals surface area contributed by atoms with Gasteiger partial charge in [0.15, 0.2) is 11.5 Å². The molecule has 0 spiro atoms. The number of benzene rings is 2. The Kier molecular flexibility index (Phi) is 6.04. The fraction of sp³-hybridized carbons (Fsp3) is 0.125. The number of aromatic amines is 1. The van der Waals surface area contributed by atoms with E-state index < -0.39 is 29.0 Å². The number of nitrogens with one attached hydrogen (secondary N) is 2. The first kappa shape index (κ1) is 24.3. The summed E-state index contributed by atoms with van der Waals surface area (Å²) in [6.07, 6.45) is -2.49. The fourth-order valence-corrected chi connectivity index (χ4v) is 4.19. The molecular formula is C24H17ClF3N7O2. The average Bonchev–Trinajstić information content (AvgIpc) is 3.47. The highest BCUT2D eigenvalue weighted by Gasteiger charge is 2.41. The summed E-state index contributed by atoms with van der Waals surface area (Å²) in [6, 6.07) is 12.2. The SMILES string of the molecule is CCn1nc(-c2ccc(NC(=O)c3cnn(-c4cccc5ncccc45)c3C(F)(F)F)cc2Cl)[nH]c1=O. The number of carbonyl (C=O) groups is 1. The lowest BCUT2D eigenvalue weighted by Gasteiger charge is -2.14. The van der Waals surface area contributed by atoms with Gasteiger partial charge in [-0.05, 0) is 49.4 Å². The molecular weight excluding hydrogens is 511 g/mol. The molecule has 3 aromatic heterocycles. The van der Waals surface area contributed by atoms with Crippen LogP contribution in [0.1, 0.15) is 23.0 Å². The third kappa shape index (κ3) is 4.47. The Morgan fingerprint density at radius 3 is 2.68 bits per heavy atom. The lowest BCUT2D eigenvalue weighted by molar-refractivity contribution is -0.143. The fourth-order valence-electron chi connectivity index (χ4n) is 3.92. The number of aromatic nitrogens is 6. The number of nitrogens with zero attached hydrogens (tertiary/aromatic N) is 5. The molecule has 0 bridgehead atoms. The first-order chi connectivity index (χ1) is 17.7. The molecule has 37 heavy (non-hydrogen) atoms. The smallest absolute Gasteiger partial charge is 0.322 e. The van der Waals surface area contributed by atoms with Gasteiger partial charge in [-0.25, -0.2) is 14.2 Å². The highest BCUT2D eigenvalue weighted by molar-refractivity contribution is 6.33. The van der Waals surface area contributed by atoms with E-state index in [4.69, 9.17) is 11.6 Å². The number of aryl methyl sites for hydroxylation is 1. The Hall–Kier alpha value is -4.45. The number of hydrogen-bond acceptors (Lipinski definition) is 5. The van der Waals surface area contributed by atoms with Gasteiger partial charge in [-0.15, -0.1) is 5.10 Å². The van der Waals surface area contributed by atoms with E-state index in [1.165, 1.54) is 35.1 Å². The van der Waals surface area contributed by atoms with Gasteiger partial charge in [0.1, 0.15) is 0 Å². The van der Waals surface area contributed by atoms with Crippen molar-refractivity contribution in [3.05, 3.63) is 87.7 Å². The van der Waals surface area contributed by atoms with Crippen molar-refractivity contribution in [2.45, 2.75) is 19.6 Å². The highest BCUT2D eigenvalue weighted by Crippen LogP contribution is 2.36. The molecule has 5 rings (SSSR count). The van der Waals surface area contributed by atoms with Crippen molar-refractivity contribution in [1.29, 1.82) is 0 Å². The van der Waals surface area contributed by atoms with Crippen molar-refractivity contribution < 1.29 is 18.0 Å². The van der Waals surface area contributed by atoms with Crippen LogP contribution in [0.4, 0.5) is 18.9 Å². The molecule has 0 saturated heterocycles. The average molecular weight is 528 g/mol. The molecule has 2 N–H and O–H groups in total. The van der Waals surface area contributed by atoms with Gasteiger partial charge in [0.05, 0.1) is 28.0 Å². The number of pyridine rings is 1. The zero-order valence-corrected chi connectivity index (χ0v) is 19.8. The van der Waals surface area contributed by atoms with E-state index >= 15 is 0 Å².